The Morgan fingerprint density at radius 2 is 1.90 bits per heavy atom. The number of carbonyl (C=O) groups is 1. The van der Waals surface area contributed by atoms with Crippen LogP contribution in [0.5, 0.6) is 0 Å². The highest BCUT2D eigenvalue weighted by molar-refractivity contribution is 6.04. The highest BCUT2D eigenvalue weighted by Crippen LogP contribution is 2.31. The molecule has 0 saturated carbocycles. The van der Waals surface area contributed by atoms with Crippen LogP contribution in [0.4, 0.5) is 10.1 Å². The van der Waals surface area contributed by atoms with E-state index in [-0.39, 0.29) is 11.7 Å². The number of rotatable bonds is 2. The maximum Gasteiger partial charge on any atom is 0.248 e. The summed E-state index contributed by atoms with van der Waals surface area (Å²) in [6, 6.07) is 14.1. The van der Waals surface area contributed by atoms with Crippen molar-refractivity contribution in [1.29, 1.82) is 0 Å². The molecule has 2 nitrogen and oxygen atoms in total. The van der Waals surface area contributed by atoms with Gasteiger partial charge >= 0.3 is 0 Å². The van der Waals surface area contributed by atoms with Gasteiger partial charge in [-0.1, -0.05) is 24.3 Å². The number of para-hydroxylation sites is 1. The number of carbonyl (C=O) groups excluding carboxylic acids is 1. The van der Waals surface area contributed by atoms with Crippen LogP contribution in [-0.4, -0.2) is 5.91 Å². The Bertz CT molecular complexity index is 692. The number of allylic oxidation sites excluding steroid dienone is 1. The first-order chi connectivity index (χ1) is 10.2. The molecule has 0 saturated heterocycles. The smallest absolute Gasteiger partial charge is 0.248 e. The van der Waals surface area contributed by atoms with Gasteiger partial charge in [-0.05, 0) is 60.2 Å². The van der Waals surface area contributed by atoms with Crippen molar-refractivity contribution in [3.8, 4) is 0 Å². The molecule has 21 heavy (non-hydrogen) atoms. The number of aryl methyl sites for hydroxylation is 1. The fourth-order valence-electron chi connectivity index (χ4n) is 2.68. The van der Waals surface area contributed by atoms with Gasteiger partial charge in [0.2, 0.25) is 5.91 Å². The first-order valence-corrected chi connectivity index (χ1v) is 7.08. The lowest BCUT2D eigenvalue weighted by Gasteiger charge is -2.19. The average molecular weight is 281 g/mol. The maximum atomic E-state index is 13.4. The Labute approximate surface area is 123 Å². The predicted octanol–water partition coefficient (Wildman–Crippen LogP) is 4.18. The van der Waals surface area contributed by atoms with E-state index in [1.54, 1.807) is 6.08 Å². The molecular weight excluding hydrogens is 265 g/mol. The molecule has 0 heterocycles. The van der Waals surface area contributed by atoms with E-state index in [2.05, 4.69) is 5.32 Å². The number of nitrogens with one attached hydrogen (secondary N) is 1. The quantitative estimate of drug-likeness (QED) is 0.822. The van der Waals surface area contributed by atoms with E-state index in [1.807, 2.05) is 36.4 Å². The first-order valence-electron chi connectivity index (χ1n) is 7.08. The molecule has 0 spiro atoms. The van der Waals surface area contributed by atoms with E-state index in [0.29, 0.717) is 0 Å². The van der Waals surface area contributed by atoms with Gasteiger partial charge in [0.25, 0.3) is 0 Å². The number of amides is 1. The molecule has 3 heteroatoms. The Kier molecular flexibility index (Phi) is 3.82. The second-order valence-corrected chi connectivity index (χ2v) is 5.18. The molecule has 3 rings (SSSR count). The van der Waals surface area contributed by atoms with E-state index in [4.69, 9.17) is 0 Å². The fraction of sp³-hybridized carbons (Fsp3) is 0.167. The fourth-order valence-corrected chi connectivity index (χ4v) is 2.68. The van der Waals surface area contributed by atoms with Gasteiger partial charge in [-0.2, -0.15) is 0 Å². The predicted molar refractivity (Wildman–Crippen MR) is 82.4 cm³/mol. The number of hydrogen-bond acceptors (Lipinski definition) is 1. The monoisotopic (exact) mass is 281 g/mol. The molecule has 1 aliphatic carbocycles. The van der Waals surface area contributed by atoms with Gasteiger partial charge in [0.15, 0.2) is 0 Å². The van der Waals surface area contributed by atoms with Crippen molar-refractivity contribution < 1.29 is 9.18 Å². The number of benzene rings is 2. The molecule has 2 aromatic rings. The van der Waals surface area contributed by atoms with Crippen molar-refractivity contribution in [1.82, 2.24) is 0 Å². The molecule has 2 aromatic carbocycles. The molecule has 0 fully saturated rings. The summed E-state index contributed by atoms with van der Waals surface area (Å²) in [6.07, 6.45) is 4.32. The van der Waals surface area contributed by atoms with Gasteiger partial charge in [0.05, 0.1) is 0 Å². The summed E-state index contributed by atoms with van der Waals surface area (Å²) < 4.78 is 13.4. The van der Waals surface area contributed by atoms with Gasteiger partial charge in [-0.15, -0.1) is 0 Å². The lowest BCUT2D eigenvalue weighted by Crippen LogP contribution is -2.10. The minimum Gasteiger partial charge on any atom is -0.323 e. The third-order valence-corrected chi connectivity index (χ3v) is 3.66. The molecule has 106 valence electrons. The zero-order valence-corrected chi connectivity index (χ0v) is 11.6. The van der Waals surface area contributed by atoms with Crippen LogP contribution in [0.1, 0.15) is 24.0 Å². The highest BCUT2D eigenvalue weighted by Gasteiger charge is 2.15. The third kappa shape index (κ3) is 3.19. The minimum atomic E-state index is -0.259. The summed E-state index contributed by atoms with van der Waals surface area (Å²) in [6.45, 7) is 0. The molecule has 1 amide bonds. The van der Waals surface area contributed by atoms with Crippen LogP contribution in [0.15, 0.2) is 54.6 Å². The van der Waals surface area contributed by atoms with Crippen LogP contribution in [0.3, 0.4) is 0 Å². The number of fused-ring (bicyclic) bond motifs is 1. The van der Waals surface area contributed by atoms with Crippen molar-refractivity contribution in [3.05, 3.63) is 71.6 Å². The average Bonchev–Trinajstić information content (AvgIpc) is 2.49. The van der Waals surface area contributed by atoms with Crippen LogP contribution in [0.25, 0.3) is 5.57 Å². The molecule has 0 radical (unpaired) electrons. The standard InChI is InChI=1S/C18H16FNO/c19-15-10-9-13-5-4-6-14(17(13)12-15)11-18(21)20-16-7-2-1-3-8-16/h1-3,7-12H,4-6H2,(H,20,21). The maximum absolute atomic E-state index is 13.4. The van der Waals surface area contributed by atoms with Crippen LogP contribution in [-0.2, 0) is 11.2 Å². The second kappa shape index (κ2) is 5.92. The summed E-state index contributed by atoms with van der Waals surface area (Å²) in [5.41, 5.74) is 3.64. The zero-order valence-electron chi connectivity index (χ0n) is 11.6. The van der Waals surface area contributed by atoms with Crippen LogP contribution in [0, 0.1) is 5.82 Å². The van der Waals surface area contributed by atoms with Crippen LogP contribution < -0.4 is 5.32 Å². The van der Waals surface area contributed by atoms with Gasteiger partial charge in [0.1, 0.15) is 5.82 Å². The van der Waals surface area contributed by atoms with Gasteiger partial charge in [-0.3, -0.25) is 4.79 Å². The Balaban J connectivity index is 1.84. The molecular formula is C18H16FNO. The van der Waals surface area contributed by atoms with Gasteiger partial charge < -0.3 is 5.32 Å². The minimum absolute atomic E-state index is 0.173. The van der Waals surface area contributed by atoms with Crippen LogP contribution in [0.2, 0.25) is 0 Å². The lowest BCUT2D eigenvalue weighted by molar-refractivity contribution is -0.111. The first kappa shape index (κ1) is 13.6. The number of anilines is 1. The molecule has 0 aromatic heterocycles. The summed E-state index contributed by atoms with van der Waals surface area (Å²) in [7, 11) is 0. The number of hydrogen-bond donors (Lipinski definition) is 1. The summed E-state index contributed by atoms with van der Waals surface area (Å²) in [5, 5.41) is 2.83. The van der Waals surface area contributed by atoms with Crippen LogP contribution >= 0.6 is 0 Å². The molecule has 1 N–H and O–H groups in total. The molecule has 0 bridgehead atoms. The van der Waals surface area contributed by atoms with E-state index in [0.717, 1.165) is 41.6 Å². The lowest BCUT2D eigenvalue weighted by atomic mass is 9.87. The summed E-state index contributed by atoms with van der Waals surface area (Å²) in [5.74, 6) is -0.432. The molecule has 1 aliphatic rings. The Morgan fingerprint density at radius 1 is 1.10 bits per heavy atom. The van der Waals surface area contributed by atoms with Gasteiger partial charge in [0, 0.05) is 11.8 Å². The van der Waals surface area contributed by atoms with Crippen molar-refractivity contribution in [2.45, 2.75) is 19.3 Å². The number of halogens is 1. The van der Waals surface area contributed by atoms with E-state index in [1.165, 1.54) is 12.1 Å². The second-order valence-electron chi connectivity index (χ2n) is 5.18. The van der Waals surface area contributed by atoms with E-state index < -0.39 is 0 Å². The van der Waals surface area contributed by atoms with E-state index in [9.17, 15) is 9.18 Å². The molecule has 0 unspecified atom stereocenters. The largest absolute Gasteiger partial charge is 0.323 e. The normalized spacial score (nSPS) is 15.6. The topological polar surface area (TPSA) is 29.1 Å². The summed E-state index contributed by atoms with van der Waals surface area (Å²) in [4.78, 5) is 12.1. The zero-order chi connectivity index (χ0) is 14.7. The van der Waals surface area contributed by atoms with Crippen molar-refractivity contribution >= 4 is 17.2 Å². The molecule has 0 atom stereocenters. The van der Waals surface area contributed by atoms with Crippen molar-refractivity contribution in [2.24, 2.45) is 0 Å². The van der Waals surface area contributed by atoms with Crippen molar-refractivity contribution in [3.63, 3.8) is 0 Å². The Hall–Kier alpha value is -2.42. The van der Waals surface area contributed by atoms with Crippen molar-refractivity contribution in [2.75, 3.05) is 5.32 Å². The van der Waals surface area contributed by atoms with Gasteiger partial charge in [-0.25, -0.2) is 4.39 Å². The Morgan fingerprint density at radius 3 is 2.71 bits per heavy atom. The summed E-state index contributed by atoms with van der Waals surface area (Å²) >= 11 is 0. The third-order valence-electron chi connectivity index (χ3n) is 3.66. The SMILES string of the molecule is O=C(C=C1CCCc2ccc(F)cc21)Nc1ccccc1. The van der Waals surface area contributed by atoms with E-state index >= 15 is 0 Å². The molecule has 0 aliphatic heterocycles. The highest BCUT2D eigenvalue weighted by atomic mass is 19.1.